The average Bonchev–Trinajstić information content (AvgIpc) is 3.03. The van der Waals surface area contributed by atoms with Crippen molar-refractivity contribution < 1.29 is 14.6 Å². The minimum absolute atomic E-state index is 0.0652. The Morgan fingerprint density at radius 3 is 3.04 bits per heavy atom. The van der Waals surface area contributed by atoms with Crippen molar-refractivity contribution in [1.29, 1.82) is 0 Å². The number of fused-ring (bicyclic) bond motifs is 1. The molecule has 0 saturated carbocycles. The first-order valence-corrected chi connectivity index (χ1v) is 9.60. The molecule has 1 aliphatic heterocycles. The summed E-state index contributed by atoms with van der Waals surface area (Å²) in [5.41, 5.74) is 2.49. The van der Waals surface area contributed by atoms with Crippen molar-refractivity contribution in [3.8, 4) is 11.5 Å². The van der Waals surface area contributed by atoms with E-state index in [1.54, 1.807) is 34.6 Å². The predicted molar refractivity (Wildman–Crippen MR) is 98.7 cm³/mol. The van der Waals surface area contributed by atoms with Crippen LogP contribution in [-0.2, 0) is 4.79 Å². The number of ether oxygens (including phenoxy) is 1. The molecule has 2 aliphatic rings. The quantitative estimate of drug-likeness (QED) is 0.797. The summed E-state index contributed by atoms with van der Waals surface area (Å²) in [6.45, 7) is 2.05. The van der Waals surface area contributed by atoms with E-state index in [-0.39, 0.29) is 17.6 Å². The Bertz CT molecular complexity index is 906. The molecule has 1 aromatic heterocycles. The van der Waals surface area contributed by atoms with Crippen molar-refractivity contribution >= 4 is 23.5 Å². The van der Waals surface area contributed by atoms with Gasteiger partial charge in [0.25, 0.3) is 0 Å². The first-order valence-electron chi connectivity index (χ1n) is 8.62. The van der Waals surface area contributed by atoms with Gasteiger partial charge in [0.15, 0.2) is 17.3 Å². The smallest absolute Gasteiger partial charge is 0.227 e. The van der Waals surface area contributed by atoms with Gasteiger partial charge in [-0.15, -0.1) is 5.10 Å². The van der Waals surface area contributed by atoms with Gasteiger partial charge in [-0.05, 0) is 36.3 Å². The second-order valence-electron chi connectivity index (χ2n) is 6.22. The van der Waals surface area contributed by atoms with Crippen molar-refractivity contribution in [3.05, 3.63) is 35.0 Å². The predicted octanol–water partition coefficient (Wildman–Crippen LogP) is 3.13. The standard InChI is InChI=1S/C18H20N4O3S/c1-3-26-18-20-17-19-11-5-4-6-13(24)15(11)16(22(17)21-18)10-7-8-12(23)14(9-10)25-2/h7-9,16,23H,3-6H2,1-2H3,(H,19,20,21)/t16-/m1/s1. The number of anilines is 1. The van der Waals surface area contributed by atoms with Crippen LogP contribution in [0.15, 0.2) is 34.6 Å². The Hall–Kier alpha value is -2.48. The maximum atomic E-state index is 12.7. The van der Waals surface area contributed by atoms with Crippen LogP contribution in [0.4, 0.5) is 5.95 Å². The van der Waals surface area contributed by atoms with Crippen LogP contribution < -0.4 is 10.1 Å². The highest BCUT2D eigenvalue weighted by atomic mass is 32.2. The molecule has 0 amide bonds. The molecule has 136 valence electrons. The number of ketones is 1. The largest absolute Gasteiger partial charge is 0.504 e. The van der Waals surface area contributed by atoms with E-state index in [0.29, 0.717) is 23.3 Å². The maximum absolute atomic E-state index is 12.7. The lowest BCUT2D eigenvalue weighted by atomic mass is 9.85. The minimum atomic E-state index is -0.373. The fourth-order valence-corrected chi connectivity index (χ4v) is 4.05. The molecule has 8 heteroatoms. The monoisotopic (exact) mass is 372 g/mol. The first kappa shape index (κ1) is 17.0. The van der Waals surface area contributed by atoms with Crippen LogP contribution >= 0.6 is 11.8 Å². The summed E-state index contributed by atoms with van der Waals surface area (Å²) in [5.74, 6) is 2.08. The van der Waals surface area contributed by atoms with Crippen molar-refractivity contribution in [2.24, 2.45) is 0 Å². The average molecular weight is 372 g/mol. The van der Waals surface area contributed by atoms with E-state index in [9.17, 15) is 9.90 Å². The summed E-state index contributed by atoms with van der Waals surface area (Å²) >= 11 is 1.56. The van der Waals surface area contributed by atoms with E-state index in [1.165, 1.54) is 7.11 Å². The Morgan fingerprint density at radius 2 is 2.27 bits per heavy atom. The molecule has 0 saturated heterocycles. The third-order valence-electron chi connectivity index (χ3n) is 4.64. The molecule has 7 nitrogen and oxygen atoms in total. The normalized spacial score (nSPS) is 19.0. The highest BCUT2D eigenvalue weighted by molar-refractivity contribution is 7.99. The van der Waals surface area contributed by atoms with Crippen molar-refractivity contribution in [2.45, 2.75) is 37.4 Å². The summed E-state index contributed by atoms with van der Waals surface area (Å²) < 4.78 is 7.02. The lowest BCUT2D eigenvalue weighted by Crippen LogP contribution is -2.31. The van der Waals surface area contributed by atoms with Crippen LogP contribution in [0.25, 0.3) is 0 Å². The molecule has 1 atom stereocenters. The zero-order valence-corrected chi connectivity index (χ0v) is 15.5. The zero-order valence-electron chi connectivity index (χ0n) is 14.7. The van der Waals surface area contributed by atoms with Gasteiger partial charge in [0.2, 0.25) is 11.1 Å². The molecular formula is C18H20N4O3S. The number of carbonyl (C=O) groups is 1. The molecule has 0 bridgehead atoms. The van der Waals surface area contributed by atoms with Crippen LogP contribution in [0.5, 0.6) is 11.5 Å². The van der Waals surface area contributed by atoms with Gasteiger partial charge >= 0.3 is 0 Å². The summed E-state index contributed by atoms with van der Waals surface area (Å²) in [5, 5.41) is 18.5. The zero-order chi connectivity index (χ0) is 18.3. The number of hydrogen-bond acceptors (Lipinski definition) is 7. The second-order valence-corrected chi connectivity index (χ2v) is 7.45. The number of Topliss-reactive ketones (excluding diaryl/α,β-unsaturated/α-hetero) is 1. The molecular weight excluding hydrogens is 352 g/mol. The fraction of sp³-hybridized carbons (Fsp3) is 0.389. The number of hydrogen-bond donors (Lipinski definition) is 2. The number of thioether (sulfide) groups is 1. The third-order valence-corrected chi connectivity index (χ3v) is 5.36. The summed E-state index contributed by atoms with van der Waals surface area (Å²) in [6.07, 6.45) is 2.18. The van der Waals surface area contributed by atoms with E-state index in [1.807, 2.05) is 6.92 Å². The van der Waals surface area contributed by atoms with Crippen LogP contribution in [0.2, 0.25) is 0 Å². The number of benzene rings is 1. The number of phenolic OH excluding ortho intramolecular Hbond substituents is 1. The van der Waals surface area contributed by atoms with E-state index in [2.05, 4.69) is 15.4 Å². The number of allylic oxidation sites excluding steroid dienone is 2. The number of nitrogens with one attached hydrogen (secondary N) is 1. The summed E-state index contributed by atoms with van der Waals surface area (Å²) in [4.78, 5) is 17.3. The van der Waals surface area contributed by atoms with E-state index in [4.69, 9.17) is 4.74 Å². The van der Waals surface area contributed by atoms with Crippen LogP contribution in [0.3, 0.4) is 0 Å². The molecule has 2 aromatic rings. The molecule has 0 fully saturated rings. The van der Waals surface area contributed by atoms with E-state index >= 15 is 0 Å². The maximum Gasteiger partial charge on any atom is 0.227 e. The summed E-state index contributed by atoms with van der Waals surface area (Å²) in [7, 11) is 1.51. The number of rotatable bonds is 4. The molecule has 2 N–H and O–H groups in total. The van der Waals surface area contributed by atoms with Gasteiger partial charge in [-0.2, -0.15) is 4.98 Å². The number of aromatic hydroxyl groups is 1. The molecule has 0 radical (unpaired) electrons. The molecule has 1 aromatic carbocycles. The molecule has 2 heterocycles. The number of aromatic nitrogens is 3. The Kier molecular flexibility index (Phi) is 4.36. The Morgan fingerprint density at radius 1 is 1.42 bits per heavy atom. The minimum Gasteiger partial charge on any atom is -0.504 e. The molecule has 26 heavy (non-hydrogen) atoms. The molecule has 1 aliphatic carbocycles. The third kappa shape index (κ3) is 2.74. The van der Waals surface area contributed by atoms with Gasteiger partial charge in [0, 0.05) is 17.7 Å². The Labute approximate surface area is 155 Å². The SMILES string of the molecule is CCSc1nc2n(n1)[C@H](c1ccc(O)c(OC)c1)C1=C(CCCC1=O)N2. The van der Waals surface area contributed by atoms with Gasteiger partial charge in [-0.1, -0.05) is 24.8 Å². The number of nitrogens with zero attached hydrogens (tertiary/aromatic N) is 3. The molecule has 0 spiro atoms. The van der Waals surface area contributed by atoms with E-state index in [0.717, 1.165) is 35.4 Å². The van der Waals surface area contributed by atoms with Gasteiger partial charge < -0.3 is 15.2 Å². The molecule has 0 unspecified atom stereocenters. The van der Waals surface area contributed by atoms with Gasteiger partial charge in [-0.25, -0.2) is 4.68 Å². The van der Waals surface area contributed by atoms with Gasteiger partial charge in [0.05, 0.1) is 7.11 Å². The Balaban J connectivity index is 1.88. The number of methoxy groups -OCH3 is 1. The van der Waals surface area contributed by atoms with Gasteiger partial charge in [0.1, 0.15) is 6.04 Å². The molecule has 4 rings (SSSR count). The summed E-state index contributed by atoms with van der Waals surface area (Å²) in [6, 6.07) is 4.78. The van der Waals surface area contributed by atoms with Crippen LogP contribution in [-0.4, -0.2) is 38.5 Å². The highest BCUT2D eigenvalue weighted by Crippen LogP contribution is 2.42. The fourth-order valence-electron chi connectivity index (χ4n) is 3.50. The van der Waals surface area contributed by atoms with Crippen LogP contribution in [0, 0.1) is 0 Å². The topological polar surface area (TPSA) is 89.3 Å². The first-order chi connectivity index (χ1) is 12.6. The lowest BCUT2D eigenvalue weighted by molar-refractivity contribution is -0.116. The van der Waals surface area contributed by atoms with Crippen LogP contribution in [0.1, 0.15) is 37.8 Å². The van der Waals surface area contributed by atoms with Crippen molar-refractivity contribution in [2.75, 3.05) is 18.2 Å². The van der Waals surface area contributed by atoms with Gasteiger partial charge in [-0.3, -0.25) is 4.79 Å². The highest BCUT2D eigenvalue weighted by Gasteiger charge is 2.37. The number of carbonyl (C=O) groups excluding carboxylic acids is 1. The van der Waals surface area contributed by atoms with Crippen molar-refractivity contribution in [3.63, 3.8) is 0 Å². The van der Waals surface area contributed by atoms with Crippen molar-refractivity contribution in [1.82, 2.24) is 14.8 Å². The number of phenols is 1. The lowest BCUT2D eigenvalue weighted by Gasteiger charge is -2.32. The van der Waals surface area contributed by atoms with E-state index < -0.39 is 0 Å². The second kappa shape index (κ2) is 6.68.